The van der Waals surface area contributed by atoms with Crippen molar-refractivity contribution in [2.45, 2.75) is 6.04 Å². The highest BCUT2D eigenvalue weighted by molar-refractivity contribution is 7.16. The molecule has 0 amide bonds. The predicted molar refractivity (Wildman–Crippen MR) is 90.6 cm³/mol. The minimum atomic E-state index is 0.368. The van der Waals surface area contributed by atoms with Crippen LogP contribution in [0.4, 0.5) is 5.82 Å². The molecular formula is C17H19N4S+. The van der Waals surface area contributed by atoms with Gasteiger partial charge in [-0.15, -0.1) is 11.3 Å². The molecule has 1 aliphatic heterocycles. The van der Waals surface area contributed by atoms with Gasteiger partial charge in [-0.25, -0.2) is 9.97 Å². The molecule has 4 nitrogen and oxygen atoms in total. The standard InChI is InChI=1S/C17H18N4S/c1-20-8-9-21(15(11-20)13-5-3-2-4-6-13)16-14-7-10-22-17(14)19-12-18-16/h2-7,10,12,15H,8-9,11H2,1H3/p+1/t15-/m0/s1. The van der Waals surface area contributed by atoms with Crippen LogP contribution in [0.1, 0.15) is 11.6 Å². The summed E-state index contributed by atoms with van der Waals surface area (Å²) in [5.41, 5.74) is 1.36. The van der Waals surface area contributed by atoms with Crippen LogP contribution in [-0.2, 0) is 0 Å². The van der Waals surface area contributed by atoms with Crippen molar-refractivity contribution in [2.24, 2.45) is 0 Å². The average Bonchev–Trinajstić information content (AvgIpc) is 3.04. The van der Waals surface area contributed by atoms with E-state index in [1.54, 1.807) is 22.6 Å². The third-order valence-electron chi connectivity index (χ3n) is 4.39. The zero-order valence-corrected chi connectivity index (χ0v) is 13.4. The number of anilines is 1. The van der Waals surface area contributed by atoms with Gasteiger partial charge in [-0.3, -0.25) is 0 Å². The summed E-state index contributed by atoms with van der Waals surface area (Å²) in [7, 11) is 2.27. The third kappa shape index (κ3) is 2.36. The Morgan fingerprint density at radius 1 is 1.18 bits per heavy atom. The molecule has 0 saturated carbocycles. The fraction of sp³-hybridized carbons (Fsp3) is 0.294. The summed E-state index contributed by atoms with van der Waals surface area (Å²) in [6.07, 6.45) is 1.70. The monoisotopic (exact) mass is 311 g/mol. The zero-order valence-electron chi connectivity index (χ0n) is 12.6. The highest BCUT2D eigenvalue weighted by Gasteiger charge is 2.31. The lowest BCUT2D eigenvalue weighted by molar-refractivity contribution is -0.883. The van der Waals surface area contributed by atoms with Gasteiger partial charge in [-0.05, 0) is 17.0 Å². The van der Waals surface area contributed by atoms with Gasteiger partial charge in [0.1, 0.15) is 29.6 Å². The smallest absolute Gasteiger partial charge is 0.141 e. The molecule has 1 aromatic carbocycles. The number of hydrogen-bond acceptors (Lipinski definition) is 4. The van der Waals surface area contributed by atoms with Crippen molar-refractivity contribution in [3.63, 3.8) is 0 Å². The molecule has 1 unspecified atom stereocenters. The number of piperazine rings is 1. The number of hydrogen-bond donors (Lipinski definition) is 1. The molecule has 3 heterocycles. The molecule has 1 fully saturated rings. The molecular weight excluding hydrogens is 292 g/mol. The van der Waals surface area contributed by atoms with Crippen molar-refractivity contribution in [1.82, 2.24) is 9.97 Å². The van der Waals surface area contributed by atoms with Gasteiger partial charge < -0.3 is 9.80 Å². The number of nitrogens with zero attached hydrogens (tertiary/aromatic N) is 3. The fourth-order valence-electron chi connectivity index (χ4n) is 3.24. The number of thiophene rings is 1. The van der Waals surface area contributed by atoms with Crippen LogP contribution in [0.2, 0.25) is 0 Å². The van der Waals surface area contributed by atoms with Crippen LogP contribution in [0.5, 0.6) is 0 Å². The van der Waals surface area contributed by atoms with Crippen molar-refractivity contribution in [3.05, 3.63) is 53.7 Å². The van der Waals surface area contributed by atoms with E-state index in [9.17, 15) is 0 Å². The summed E-state index contributed by atoms with van der Waals surface area (Å²) in [5, 5.41) is 3.27. The number of aromatic nitrogens is 2. The first-order chi connectivity index (χ1) is 10.8. The van der Waals surface area contributed by atoms with E-state index in [1.165, 1.54) is 10.9 Å². The number of fused-ring (bicyclic) bond motifs is 1. The molecule has 0 bridgehead atoms. The quantitative estimate of drug-likeness (QED) is 0.783. The second-order valence-electron chi connectivity index (χ2n) is 5.87. The maximum absolute atomic E-state index is 4.62. The Morgan fingerprint density at radius 3 is 2.91 bits per heavy atom. The molecule has 0 aliphatic carbocycles. The Bertz CT molecular complexity index is 770. The highest BCUT2D eigenvalue weighted by atomic mass is 32.1. The van der Waals surface area contributed by atoms with Gasteiger partial charge in [-0.1, -0.05) is 30.3 Å². The second kappa shape index (κ2) is 5.66. The zero-order chi connectivity index (χ0) is 14.9. The molecule has 5 heteroatoms. The maximum Gasteiger partial charge on any atom is 0.141 e. The van der Waals surface area contributed by atoms with Crippen LogP contribution < -0.4 is 9.80 Å². The molecule has 4 rings (SSSR count). The molecule has 0 radical (unpaired) electrons. The normalized spacial score (nSPS) is 22.1. The number of quaternary nitrogens is 1. The van der Waals surface area contributed by atoms with Crippen LogP contribution in [0.3, 0.4) is 0 Å². The Balaban J connectivity index is 1.79. The third-order valence-corrected chi connectivity index (χ3v) is 5.22. The highest BCUT2D eigenvalue weighted by Crippen LogP contribution is 2.32. The Hall–Kier alpha value is -1.98. The summed E-state index contributed by atoms with van der Waals surface area (Å²) >= 11 is 1.68. The van der Waals surface area contributed by atoms with Crippen LogP contribution in [-0.4, -0.2) is 36.6 Å². The van der Waals surface area contributed by atoms with E-state index in [0.717, 1.165) is 30.3 Å². The lowest BCUT2D eigenvalue weighted by Crippen LogP contribution is -3.12. The topological polar surface area (TPSA) is 33.5 Å². The van der Waals surface area contributed by atoms with Gasteiger partial charge in [0.05, 0.1) is 25.5 Å². The minimum Gasteiger partial charge on any atom is -0.338 e. The molecule has 1 saturated heterocycles. The molecule has 3 aromatic rings. The van der Waals surface area contributed by atoms with Gasteiger partial charge >= 0.3 is 0 Å². The molecule has 22 heavy (non-hydrogen) atoms. The molecule has 1 aliphatic rings. The van der Waals surface area contributed by atoms with E-state index in [0.29, 0.717) is 6.04 Å². The molecule has 2 aromatic heterocycles. The van der Waals surface area contributed by atoms with E-state index in [4.69, 9.17) is 0 Å². The van der Waals surface area contributed by atoms with E-state index >= 15 is 0 Å². The van der Waals surface area contributed by atoms with E-state index in [-0.39, 0.29) is 0 Å². The van der Waals surface area contributed by atoms with Crippen molar-refractivity contribution < 1.29 is 4.90 Å². The summed E-state index contributed by atoms with van der Waals surface area (Å²) in [6.45, 7) is 3.26. The van der Waals surface area contributed by atoms with Crippen molar-refractivity contribution in [3.8, 4) is 0 Å². The number of nitrogens with one attached hydrogen (secondary N) is 1. The Kier molecular flexibility index (Phi) is 3.52. The Morgan fingerprint density at radius 2 is 2.05 bits per heavy atom. The van der Waals surface area contributed by atoms with Crippen molar-refractivity contribution in [1.29, 1.82) is 0 Å². The lowest BCUT2D eigenvalue weighted by Gasteiger charge is -2.39. The van der Waals surface area contributed by atoms with Gasteiger partial charge in [0, 0.05) is 0 Å². The molecule has 112 valence electrons. The average molecular weight is 311 g/mol. The van der Waals surface area contributed by atoms with Gasteiger partial charge in [0.2, 0.25) is 0 Å². The van der Waals surface area contributed by atoms with Crippen molar-refractivity contribution in [2.75, 3.05) is 31.6 Å². The summed E-state index contributed by atoms with van der Waals surface area (Å²) in [6, 6.07) is 13.3. The van der Waals surface area contributed by atoms with Crippen LogP contribution in [0.25, 0.3) is 10.2 Å². The van der Waals surface area contributed by atoms with Crippen LogP contribution >= 0.6 is 11.3 Å². The first-order valence-electron chi connectivity index (χ1n) is 7.64. The van der Waals surface area contributed by atoms with Gasteiger partial charge in [0.15, 0.2) is 0 Å². The van der Waals surface area contributed by atoms with Crippen LogP contribution in [0, 0.1) is 0 Å². The molecule has 1 N–H and O–H groups in total. The predicted octanol–water partition coefficient (Wildman–Crippen LogP) is 1.77. The van der Waals surface area contributed by atoms with E-state index in [2.05, 4.69) is 63.7 Å². The molecule has 0 spiro atoms. The fourth-order valence-corrected chi connectivity index (χ4v) is 3.97. The van der Waals surface area contributed by atoms with Gasteiger partial charge in [0.25, 0.3) is 0 Å². The lowest BCUT2D eigenvalue weighted by atomic mass is 10.0. The van der Waals surface area contributed by atoms with Crippen molar-refractivity contribution >= 4 is 27.4 Å². The number of benzene rings is 1. The summed E-state index contributed by atoms with van der Waals surface area (Å²) in [5.74, 6) is 1.08. The van der Waals surface area contributed by atoms with E-state index in [1.807, 2.05) is 0 Å². The number of rotatable bonds is 2. The van der Waals surface area contributed by atoms with Crippen LogP contribution in [0.15, 0.2) is 48.1 Å². The first kappa shape index (κ1) is 13.7. The summed E-state index contributed by atoms with van der Waals surface area (Å²) in [4.78, 5) is 14.1. The SMILES string of the molecule is C[NH+]1CCN(c2ncnc3sccc23)[C@H](c2ccccc2)C1. The molecule has 2 atom stereocenters. The van der Waals surface area contributed by atoms with E-state index < -0.39 is 0 Å². The largest absolute Gasteiger partial charge is 0.338 e. The van der Waals surface area contributed by atoms with Gasteiger partial charge in [-0.2, -0.15) is 0 Å². The Labute approximate surface area is 134 Å². The summed E-state index contributed by atoms with van der Waals surface area (Å²) < 4.78 is 0. The second-order valence-corrected chi connectivity index (χ2v) is 6.76. The number of likely N-dealkylation sites (N-methyl/N-ethyl adjacent to an activating group) is 1. The first-order valence-corrected chi connectivity index (χ1v) is 8.52. The minimum absolute atomic E-state index is 0.368. The maximum atomic E-state index is 4.62.